The van der Waals surface area contributed by atoms with E-state index in [2.05, 4.69) is 44.5 Å². The fraction of sp³-hybridized carbons (Fsp3) is 1.00. The van der Waals surface area contributed by atoms with Gasteiger partial charge in [0.05, 0.1) is 0 Å². The Balaban J connectivity index is 5.02. The van der Waals surface area contributed by atoms with Gasteiger partial charge in [0, 0.05) is 0 Å². The van der Waals surface area contributed by atoms with Crippen LogP contribution in [0, 0.1) is 0 Å². The van der Waals surface area contributed by atoms with Gasteiger partial charge < -0.3 is 0 Å². The van der Waals surface area contributed by atoms with Crippen LogP contribution in [0.2, 0.25) is 44.4 Å². The number of hydrogen-bond donors (Lipinski definition) is 0. The summed E-state index contributed by atoms with van der Waals surface area (Å²) in [7, 11) is 0. The molecule has 0 saturated carbocycles. The molecule has 0 aromatic rings. The first-order valence-corrected chi connectivity index (χ1v) is 36.0. The number of hydrogen-bond acceptors (Lipinski definition) is 0. The van der Waals surface area contributed by atoms with Crippen molar-refractivity contribution in [3.05, 3.63) is 0 Å². The minimum atomic E-state index is -1.61. The molecule has 0 rings (SSSR count). The zero-order valence-electron chi connectivity index (χ0n) is 11.1. The molecule has 0 aliphatic carbocycles. The molecule has 0 aliphatic rings. The van der Waals surface area contributed by atoms with E-state index in [1.54, 1.807) is 0 Å². The van der Waals surface area contributed by atoms with Gasteiger partial charge in [-0.2, -0.15) is 0 Å². The van der Waals surface area contributed by atoms with E-state index < -0.39 is 55.1 Å². The van der Waals surface area contributed by atoms with Crippen LogP contribution in [0.25, 0.3) is 0 Å². The minimum absolute atomic E-state index is 1.36. The normalized spacial score (nSPS) is 15.2. The van der Waals surface area contributed by atoms with Gasteiger partial charge in [0.2, 0.25) is 0 Å². The summed E-state index contributed by atoms with van der Waals surface area (Å²) in [4.78, 5) is 24.0. The summed E-state index contributed by atoms with van der Waals surface area (Å²) < 4.78 is 1.36. The number of rotatable bonds is 3. The van der Waals surface area contributed by atoms with Gasteiger partial charge in [0.1, 0.15) is 0 Å². The molecule has 3 heteroatoms. The van der Waals surface area contributed by atoms with Gasteiger partial charge in [0.25, 0.3) is 0 Å². The zero-order valence-corrected chi connectivity index (χ0v) is 19.6. The van der Waals surface area contributed by atoms with E-state index in [1.165, 1.54) is -0.0343 Å². The van der Waals surface area contributed by atoms with Crippen molar-refractivity contribution in [3.63, 3.8) is 0 Å². The first-order chi connectivity index (χ1) is 5.37. The van der Waals surface area contributed by atoms with E-state index in [4.69, 9.17) is 0 Å². The fourth-order valence-corrected chi connectivity index (χ4v) is 175. The second kappa shape index (κ2) is 4.72. The van der Waals surface area contributed by atoms with Crippen LogP contribution in [0.5, 0.6) is 0 Å². The molecule has 0 nitrogen and oxygen atoms in total. The Morgan fingerprint density at radius 3 is 0.615 bits per heavy atom. The predicted molar refractivity (Wildman–Crippen MR) is 73.8 cm³/mol. The molecule has 13 heavy (non-hydrogen) atoms. The third kappa shape index (κ3) is 5.32. The van der Waals surface area contributed by atoms with Crippen LogP contribution in [0.4, 0.5) is 0 Å². The second-order valence-corrected chi connectivity index (χ2v) is 67.1. The Labute approximate surface area is 97.9 Å². The summed E-state index contributed by atoms with van der Waals surface area (Å²) >= 11 is -4.83. The van der Waals surface area contributed by atoms with Crippen molar-refractivity contribution in [2.24, 2.45) is 0 Å². The van der Waals surface area contributed by atoms with Crippen molar-refractivity contribution in [2.45, 2.75) is 44.4 Å². The van der Waals surface area contributed by atoms with Gasteiger partial charge in [-0.15, -0.1) is 0 Å². The Kier molecular flexibility index (Phi) is 5.59. The molecule has 0 fully saturated rings. The van der Waals surface area contributed by atoms with E-state index in [1.807, 2.05) is 0 Å². The third-order valence-electron chi connectivity index (χ3n) is 2.60. The van der Waals surface area contributed by atoms with E-state index >= 15 is 0 Å². The molecule has 0 radical (unpaired) electrons. The van der Waals surface area contributed by atoms with Crippen LogP contribution < -0.4 is 0 Å². The van der Waals surface area contributed by atoms with Gasteiger partial charge in [-0.3, -0.25) is 0 Å². The van der Waals surface area contributed by atoms with Crippen molar-refractivity contribution in [1.29, 1.82) is 0 Å². The molecule has 0 heterocycles. The molecule has 0 N–H and O–H groups in total. The molecule has 0 aromatic heterocycles. The maximum atomic E-state index is 2.67. The van der Waals surface area contributed by atoms with Crippen molar-refractivity contribution in [1.82, 2.24) is 0 Å². The molecule has 0 saturated heterocycles. The molecular weight excluding hydrogens is 476 g/mol. The quantitative estimate of drug-likeness (QED) is 0.499. The van der Waals surface area contributed by atoms with E-state index in [-0.39, 0.29) is 0 Å². The van der Waals surface area contributed by atoms with Gasteiger partial charge in [-0.05, 0) is 0 Å². The average molecular weight is 504 g/mol. The predicted octanol–water partition coefficient (Wildman–Crippen LogP) is 4.45. The molecule has 80 valence electrons. The topological polar surface area (TPSA) is 0 Å². The van der Waals surface area contributed by atoms with Crippen LogP contribution in [0.1, 0.15) is 0 Å². The maximum absolute atomic E-state index is 2.67. The van der Waals surface area contributed by atoms with Crippen LogP contribution in [-0.4, -0.2) is 55.1 Å². The average Bonchev–Trinajstić information content (AvgIpc) is 1.44. The molecule has 0 atom stereocenters. The Morgan fingerprint density at radius 1 is 0.462 bits per heavy atom. The van der Waals surface area contributed by atoms with Gasteiger partial charge in [-0.1, -0.05) is 0 Å². The van der Waals surface area contributed by atoms with Crippen LogP contribution in [0.3, 0.4) is 0 Å². The summed E-state index contributed by atoms with van der Waals surface area (Å²) in [5.74, 6) is 0. The molecule has 0 bridgehead atoms. The van der Waals surface area contributed by atoms with Crippen molar-refractivity contribution in [3.8, 4) is 0 Å². The second-order valence-electron chi connectivity index (χ2n) is 7.53. The third-order valence-corrected chi connectivity index (χ3v) is 117. The molecule has 0 spiro atoms. The van der Waals surface area contributed by atoms with Crippen molar-refractivity contribution >= 4 is 55.1 Å². The van der Waals surface area contributed by atoms with Gasteiger partial charge >= 0.3 is 99.6 Å². The van der Waals surface area contributed by atoms with Crippen LogP contribution >= 0.6 is 0 Å². The first-order valence-electron chi connectivity index (χ1n) is 5.37. The van der Waals surface area contributed by atoms with E-state index in [0.29, 0.717) is 0 Å². The molecular formula is C10H28Sn3. The molecule has 0 unspecified atom stereocenters. The van der Waals surface area contributed by atoms with Crippen LogP contribution in [0.15, 0.2) is 0 Å². The van der Waals surface area contributed by atoms with Gasteiger partial charge in [-0.25, -0.2) is 0 Å². The monoisotopic (exact) mass is 508 g/mol. The summed E-state index contributed by atoms with van der Waals surface area (Å²) in [5.41, 5.74) is 0. The molecule has 0 aromatic carbocycles. The summed E-state index contributed by atoms with van der Waals surface area (Å²) in [6, 6.07) is 0. The van der Waals surface area contributed by atoms with Crippen molar-refractivity contribution in [2.75, 3.05) is 0 Å². The first kappa shape index (κ1) is 15.4. The standard InChI is InChI=1S/9CH3.CH.3Sn/h9*1H3;1H;;;. The van der Waals surface area contributed by atoms with Crippen molar-refractivity contribution < 1.29 is 0 Å². The van der Waals surface area contributed by atoms with Gasteiger partial charge in [0.15, 0.2) is 0 Å². The zero-order chi connectivity index (χ0) is 11.1. The Morgan fingerprint density at radius 2 is 0.615 bits per heavy atom. The molecule has 0 amide bonds. The van der Waals surface area contributed by atoms with E-state index in [9.17, 15) is 0 Å². The summed E-state index contributed by atoms with van der Waals surface area (Å²) in [6.07, 6.45) is 0. The Bertz CT molecular complexity index is 133. The summed E-state index contributed by atoms with van der Waals surface area (Å²) in [6.45, 7) is 0. The molecule has 0 aliphatic heterocycles. The fourth-order valence-electron chi connectivity index (χ4n) is 3.90. The van der Waals surface area contributed by atoms with E-state index in [0.717, 1.165) is 0 Å². The Hall–Kier alpha value is 2.40. The SMILES string of the molecule is [CH3][Sn]([CH3])([CH3])[CH]([Sn]([CH3])([CH3])[CH3])[Sn]([CH3])([CH3])[CH3]. The van der Waals surface area contributed by atoms with Crippen LogP contribution in [-0.2, 0) is 0 Å². The summed E-state index contributed by atoms with van der Waals surface area (Å²) in [5, 5.41) is 0.